The first-order valence-corrected chi connectivity index (χ1v) is 5.26. The van der Waals surface area contributed by atoms with E-state index in [1.54, 1.807) is 0 Å². The predicted octanol–water partition coefficient (Wildman–Crippen LogP) is 1.96. The summed E-state index contributed by atoms with van der Waals surface area (Å²) in [6.45, 7) is 2.11. The largest absolute Gasteiger partial charge is 0.396 e. The molecule has 0 aliphatic carbocycles. The average molecular weight is 207 g/mol. The number of benzene rings is 1. The highest BCUT2D eigenvalue weighted by Gasteiger charge is 2.04. The zero-order chi connectivity index (χ0) is 11.1. The molecule has 1 rings (SSSR count). The van der Waals surface area contributed by atoms with E-state index in [1.165, 1.54) is 0 Å². The zero-order valence-corrected chi connectivity index (χ0v) is 8.99. The van der Waals surface area contributed by atoms with Crippen LogP contribution >= 0.6 is 0 Å². The Kier molecular flexibility index (Phi) is 4.84. The van der Waals surface area contributed by atoms with Gasteiger partial charge < -0.3 is 10.4 Å². The van der Waals surface area contributed by atoms with Crippen LogP contribution in [0.3, 0.4) is 0 Å². The highest BCUT2D eigenvalue weighted by Crippen LogP contribution is 2.15. The van der Waals surface area contributed by atoms with Gasteiger partial charge in [0.25, 0.3) is 0 Å². The van der Waals surface area contributed by atoms with Crippen molar-refractivity contribution in [3.05, 3.63) is 29.8 Å². The van der Waals surface area contributed by atoms with Crippen molar-refractivity contribution in [2.45, 2.75) is 26.2 Å². The highest BCUT2D eigenvalue weighted by molar-refractivity contribution is 5.91. The molecule has 0 saturated heterocycles. The first-order valence-electron chi connectivity index (χ1n) is 5.26. The Balaban J connectivity index is 2.59. The van der Waals surface area contributed by atoms with Crippen molar-refractivity contribution in [1.29, 1.82) is 0 Å². The third-order valence-electron chi connectivity index (χ3n) is 2.23. The summed E-state index contributed by atoms with van der Waals surface area (Å²) in [7, 11) is 0. The van der Waals surface area contributed by atoms with E-state index < -0.39 is 0 Å². The SMILES string of the molecule is CCc1ccccc1NC(=O)CCCO. The summed E-state index contributed by atoms with van der Waals surface area (Å²) in [4.78, 5) is 11.4. The lowest BCUT2D eigenvalue weighted by Crippen LogP contribution is -2.13. The van der Waals surface area contributed by atoms with Gasteiger partial charge in [0, 0.05) is 18.7 Å². The molecule has 3 nitrogen and oxygen atoms in total. The van der Waals surface area contributed by atoms with Crippen molar-refractivity contribution in [3.63, 3.8) is 0 Å². The molecule has 0 atom stereocenters. The van der Waals surface area contributed by atoms with Crippen LogP contribution in [0.25, 0.3) is 0 Å². The van der Waals surface area contributed by atoms with E-state index >= 15 is 0 Å². The maximum atomic E-state index is 11.4. The molecule has 15 heavy (non-hydrogen) atoms. The minimum absolute atomic E-state index is 0.0371. The number of carbonyl (C=O) groups is 1. The van der Waals surface area contributed by atoms with E-state index in [4.69, 9.17) is 5.11 Å². The molecule has 0 unspecified atom stereocenters. The van der Waals surface area contributed by atoms with Crippen molar-refractivity contribution in [1.82, 2.24) is 0 Å². The number of amides is 1. The van der Waals surface area contributed by atoms with Gasteiger partial charge in [-0.15, -0.1) is 0 Å². The zero-order valence-electron chi connectivity index (χ0n) is 8.99. The fourth-order valence-corrected chi connectivity index (χ4v) is 1.40. The average Bonchev–Trinajstić information content (AvgIpc) is 2.27. The number of aliphatic hydroxyl groups excluding tert-OH is 1. The Labute approximate surface area is 90.1 Å². The fourth-order valence-electron chi connectivity index (χ4n) is 1.40. The van der Waals surface area contributed by atoms with Crippen molar-refractivity contribution < 1.29 is 9.90 Å². The second-order valence-electron chi connectivity index (χ2n) is 3.39. The topological polar surface area (TPSA) is 49.3 Å². The van der Waals surface area contributed by atoms with Crippen LogP contribution < -0.4 is 5.32 Å². The normalized spacial score (nSPS) is 10.0. The number of anilines is 1. The van der Waals surface area contributed by atoms with Crippen LogP contribution in [-0.4, -0.2) is 17.6 Å². The summed E-state index contributed by atoms with van der Waals surface area (Å²) in [6, 6.07) is 7.76. The van der Waals surface area contributed by atoms with Gasteiger partial charge >= 0.3 is 0 Å². The third kappa shape index (κ3) is 3.72. The van der Waals surface area contributed by atoms with E-state index in [0.717, 1.165) is 17.7 Å². The standard InChI is InChI=1S/C12H17NO2/c1-2-10-6-3-4-7-11(10)13-12(15)8-5-9-14/h3-4,6-7,14H,2,5,8-9H2,1H3,(H,13,15). The van der Waals surface area contributed by atoms with Gasteiger partial charge in [-0.2, -0.15) is 0 Å². The van der Waals surface area contributed by atoms with Gasteiger partial charge in [-0.05, 0) is 24.5 Å². The van der Waals surface area contributed by atoms with E-state index in [9.17, 15) is 4.79 Å². The fraction of sp³-hybridized carbons (Fsp3) is 0.417. The predicted molar refractivity (Wildman–Crippen MR) is 60.8 cm³/mol. The number of rotatable bonds is 5. The Morgan fingerprint density at radius 1 is 1.40 bits per heavy atom. The Morgan fingerprint density at radius 3 is 2.80 bits per heavy atom. The second-order valence-corrected chi connectivity index (χ2v) is 3.39. The molecule has 0 heterocycles. The molecule has 0 aliphatic heterocycles. The van der Waals surface area contributed by atoms with Crippen LogP contribution in [0.4, 0.5) is 5.69 Å². The monoisotopic (exact) mass is 207 g/mol. The van der Waals surface area contributed by atoms with Crippen LogP contribution in [0.1, 0.15) is 25.3 Å². The molecular weight excluding hydrogens is 190 g/mol. The van der Waals surface area contributed by atoms with Crippen LogP contribution in [0.15, 0.2) is 24.3 Å². The first-order chi connectivity index (χ1) is 7.27. The maximum Gasteiger partial charge on any atom is 0.224 e. The Morgan fingerprint density at radius 2 is 2.13 bits per heavy atom. The minimum atomic E-state index is -0.0371. The van der Waals surface area contributed by atoms with Gasteiger partial charge in [0.1, 0.15) is 0 Å². The minimum Gasteiger partial charge on any atom is -0.396 e. The van der Waals surface area contributed by atoms with Crippen LogP contribution in [0.5, 0.6) is 0 Å². The summed E-state index contributed by atoms with van der Waals surface area (Å²) in [6.07, 6.45) is 1.78. The molecule has 82 valence electrons. The third-order valence-corrected chi connectivity index (χ3v) is 2.23. The molecule has 1 amide bonds. The lowest BCUT2D eigenvalue weighted by molar-refractivity contribution is -0.116. The molecule has 0 fully saturated rings. The molecule has 0 aromatic heterocycles. The summed E-state index contributed by atoms with van der Waals surface area (Å²) in [5.41, 5.74) is 2.01. The van der Waals surface area contributed by atoms with Gasteiger partial charge in [-0.1, -0.05) is 25.1 Å². The van der Waals surface area contributed by atoms with E-state index in [1.807, 2.05) is 24.3 Å². The number of aryl methyl sites for hydroxylation is 1. The van der Waals surface area contributed by atoms with Gasteiger partial charge in [0.05, 0.1) is 0 Å². The smallest absolute Gasteiger partial charge is 0.224 e. The molecule has 1 aromatic rings. The molecule has 0 spiro atoms. The molecule has 1 aromatic carbocycles. The first kappa shape index (κ1) is 11.7. The highest BCUT2D eigenvalue weighted by atomic mass is 16.3. The lowest BCUT2D eigenvalue weighted by atomic mass is 10.1. The Hall–Kier alpha value is -1.35. The van der Waals surface area contributed by atoms with Crippen molar-refractivity contribution in [2.24, 2.45) is 0 Å². The number of aliphatic hydroxyl groups is 1. The molecule has 0 saturated carbocycles. The number of hydrogen-bond acceptors (Lipinski definition) is 2. The van der Waals surface area contributed by atoms with E-state index in [-0.39, 0.29) is 12.5 Å². The van der Waals surface area contributed by atoms with Crippen molar-refractivity contribution in [3.8, 4) is 0 Å². The quantitative estimate of drug-likeness (QED) is 0.775. The number of carbonyl (C=O) groups excluding carboxylic acids is 1. The van der Waals surface area contributed by atoms with Crippen molar-refractivity contribution >= 4 is 11.6 Å². The van der Waals surface area contributed by atoms with E-state index in [2.05, 4.69) is 12.2 Å². The summed E-state index contributed by atoms with van der Waals surface area (Å²) < 4.78 is 0. The molecule has 0 bridgehead atoms. The van der Waals surface area contributed by atoms with Gasteiger partial charge in [-0.3, -0.25) is 4.79 Å². The lowest BCUT2D eigenvalue weighted by Gasteiger charge is -2.08. The van der Waals surface area contributed by atoms with Crippen LogP contribution in [0, 0.1) is 0 Å². The van der Waals surface area contributed by atoms with Gasteiger partial charge in [-0.25, -0.2) is 0 Å². The number of para-hydroxylation sites is 1. The van der Waals surface area contributed by atoms with Crippen molar-refractivity contribution in [2.75, 3.05) is 11.9 Å². The van der Waals surface area contributed by atoms with Gasteiger partial charge in [0.2, 0.25) is 5.91 Å². The molecule has 3 heteroatoms. The maximum absolute atomic E-state index is 11.4. The Bertz CT molecular complexity index is 323. The molecule has 0 aliphatic rings. The number of hydrogen-bond donors (Lipinski definition) is 2. The van der Waals surface area contributed by atoms with Gasteiger partial charge in [0.15, 0.2) is 0 Å². The van der Waals surface area contributed by atoms with Crippen LogP contribution in [-0.2, 0) is 11.2 Å². The summed E-state index contributed by atoms with van der Waals surface area (Å²) >= 11 is 0. The molecule has 2 N–H and O–H groups in total. The summed E-state index contributed by atoms with van der Waals surface area (Å²) in [5, 5.41) is 11.4. The second kappa shape index (κ2) is 6.19. The molecular formula is C12H17NO2. The number of nitrogens with one attached hydrogen (secondary N) is 1. The van der Waals surface area contributed by atoms with Crippen LogP contribution in [0.2, 0.25) is 0 Å². The van der Waals surface area contributed by atoms with E-state index in [0.29, 0.717) is 12.8 Å². The summed E-state index contributed by atoms with van der Waals surface area (Å²) in [5.74, 6) is -0.0371. The molecule has 0 radical (unpaired) electrons.